The Morgan fingerprint density at radius 2 is 2.16 bits per heavy atom. The van der Waals surface area contributed by atoms with Crippen LogP contribution in [0.4, 0.5) is 5.69 Å². The van der Waals surface area contributed by atoms with Crippen molar-refractivity contribution < 1.29 is 5.11 Å². The number of fused-ring (bicyclic) bond motifs is 1. The van der Waals surface area contributed by atoms with Crippen LogP contribution in [-0.2, 0) is 13.0 Å². The number of hydrogen-bond acceptors (Lipinski definition) is 3. The van der Waals surface area contributed by atoms with E-state index in [1.807, 2.05) is 30.4 Å². The van der Waals surface area contributed by atoms with Crippen molar-refractivity contribution in [3.8, 4) is 0 Å². The molecule has 1 aliphatic heterocycles. The molecule has 1 aliphatic rings. The van der Waals surface area contributed by atoms with Crippen molar-refractivity contribution in [1.29, 1.82) is 0 Å². The highest BCUT2D eigenvalue weighted by Crippen LogP contribution is 2.33. The van der Waals surface area contributed by atoms with Crippen LogP contribution in [0.1, 0.15) is 35.5 Å². The van der Waals surface area contributed by atoms with Crippen LogP contribution >= 0.6 is 11.3 Å². The highest BCUT2D eigenvalue weighted by Gasteiger charge is 2.21. The monoisotopic (exact) mass is 273 g/mol. The minimum atomic E-state index is -0.361. The van der Waals surface area contributed by atoms with Crippen molar-refractivity contribution in [3.63, 3.8) is 0 Å². The minimum Gasteiger partial charge on any atom is -0.388 e. The average Bonchev–Trinajstić information content (AvgIpc) is 2.93. The van der Waals surface area contributed by atoms with Gasteiger partial charge in [-0.15, -0.1) is 11.3 Å². The first kappa shape index (κ1) is 12.7. The molecular weight excluding hydrogens is 254 g/mol. The Labute approximate surface area is 118 Å². The van der Waals surface area contributed by atoms with Gasteiger partial charge in [0.2, 0.25) is 0 Å². The highest BCUT2D eigenvalue weighted by atomic mass is 32.1. The van der Waals surface area contributed by atoms with Crippen LogP contribution in [0.2, 0.25) is 0 Å². The zero-order chi connectivity index (χ0) is 13.2. The molecule has 0 spiro atoms. The summed E-state index contributed by atoms with van der Waals surface area (Å²) in [4.78, 5) is 3.91. The summed E-state index contributed by atoms with van der Waals surface area (Å²) in [6.07, 6.45) is 1.51. The third kappa shape index (κ3) is 2.40. The third-order valence-electron chi connectivity index (χ3n) is 3.83. The molecule has 19 heavy (non-hydrogen) atoms. The summed E-state index contributed by atoms with van der Waals surface area (Å²) in [7, 11) is 0. The molecule has 100 valence electrons. The second-order valence-corrected chi connectivity index (χ2v) is 6.02. The molecule has 0 aliphatic carbocycles. The number of anilines is 1. The first-order valence-electron chi connectivity index (χ1n) is 6.86. The van der Waals surface area contributed by atoms with Gasteiger partial charge in [0.1, 0.15) is 0 Å². The number of benzene rings is 1. The van der Waals surface area contributed by atoms with E-state index in [0.29, 0.717) is 0 Å². The van der Waals surface area contributed by atoms with Crippen LogP contribution < -0.4 is 4.90 Å². The van der Waals surface area contributed by atoms with Crippen LogP contribution in [0.25, 0.3) is 0 Å². The highest BCUT2D eigenvalue weighted by molar-refractivity contribution is 7.10. The first-order valence-corrected chi connectivity index (χ1v) is 7.74. The number of hydrogen-bond donors (Lipinski definition) is 1. The molecule has 1 atom stereocenters. The Bertz CT molecular complexity index is 563. The summed E-state index contributed by atoms with van der Waals surface area (Å²) in [6.45, 7) is 4.03. The van der Waals surface area contributed by atoms with Gasteiger partial charge in [-0.1, -0.05) is 25.1 Å². The molecule has 2 aromatic rings. The second-order valence-electron chi connectivity index (χ2n) is 5.02. The molecule has 1 unspecified atom stereocenters. The van der Waals surface area contributed by atoms with E-state index in [1.54, 1.807) is 0 Å². The van der Waals surface area contributed by atoms with Gasteiger partial charge in [-0.25, -0.2) is 0 Å². The van der Waals surface area contributed by atoms with E-state index >= 15 is 0 Å². The Balaban J connectivity index is 1.91. The Kier molecular flexibility index (Phi) is 3.58. The molecule has 3 heteroatoms. The largest absolute Gasteiger partial charge is 0.388 e. The Morgan fingerprint density at radius 1 is 1.32 bits per heavy atom. The summed E-state index contributed by atoms with van der Waals surface area (Å²) in [5.41, 5.74) is 3.69. The van der Waals surface area contributed by atoms with Gasteiger partial charge in [-0.05, 0) is 35.9 Å². The number of aliphatic hydroxyl groups excluding tert-OH is 1. The number of rotatable bonds is 3. The van der Waals surface area contributed by atoms with Crippen molar-refractivity contribution in [2.45, 2.75) is 32.4 Å². The fourth-order valence-corrected chi connectivity index (χ4v) is 3.62. The predicted molar refractivity (Wildman–Crippen MR) is 80.8 cm³/mol. The van der Waals surface area contributed by atoms with E-state index < -0.39 is 0 Å². The lowest BCUT2D eigenvalue weighted by Crippen LogP contribution is -2.30. The maximum Gasteiger partial charge on any atom is 0.0807 e. The molecule has 1 aromatic heterocycles. The summed E-state index contributed by atoms with van der Waals surface area (Å²) in [6, 6.07) is 10.5. The normalized spacial score (nSPS) is 16.2. The predicted octanol–water partition coefficient (Wildman–Crippen LogP) is 3.75. The maximum absolute atomic E-state index is 10.2. The number of aliphatic hydroxyl groups is 1. The van der Waals surface area contributed by atoms with Gasteiger partial charge in [0.25, 0.3) is 0 Å². The first-order chi connectivity index (χ1) is 9.29. The summed E-state index contributed by atoms with van der Waals surface area (Å²) >= 11 is 1.86. The summed E-state index contributed by atoms with van der Waals surface area (Å²) in [5, 5.41) is 12.4. The molecule has 1 aromatic carbocycles. The lowest BCUT2D eigenvalue weighted by Gasteiger charge is -2.31. The van der Waals surface area contributed by atoms with E-state index in [1.165, 1.54) is 16.1 Å². The van der Waals surface area contributed by atoms with Gasteiger partial charge >= 0.3 is 0 Å². The number of nitrogens with zero attached hydrogens (tertiary/aromatic N) is 1. The standard InChI is InChI=1S/C16H19NOS/c1-2-15(18)13-5-3-4-6-14(13)17-9-7-16-12(11-17)8-10-19-16/h3-6,8,10,15,18H,2,7,9,11H2,1H3. The maximum atomic E-state index is 10.2. The number of thiophene rings is 1. The molecule has 0 saturated carbocycles. The zero-order valence-corrected chi connectivity index (χ0v) is 12.0. The van der Waals surface area contributed by atoms with E-state index in [9.17, 15) is 5.11 Å². The molecule has 0 amide bonds. The molecule has 2 heterocycles. The lowest BCUT2D eigenvalue weighted by molar-refractivity contribution is 0.174. The third-order valence-corrected chi connectivity index (χ3v) is 4.85. The average molecular weight is 273 g/mol. The van der Waals surface area contributed by atoms with E-state index in [4.69, 9.17) is 0 Å². The van der Waals surface area contributed by atoms with Crippen LogP contribution in [0.15, 0.2) is 35.7 Å². The number of para-hydroxylation sites is 1. The SMILES string of the molecule is CCC(O)c1ccccc1N1CCc2sccc2C1. The van der Waals surface area contributed by atoms with Crippen molar-refractivity contribution in [1.82, 2.24) is 0 Å². The molecule has 1 N–H and O–H groups in total. The molecular formula is C16H19NOS. The molecule has 3 rings (SSSR count). The van der Waals surface area contributed by atoms with Crippen molar-refractivity contribution in [2.75, 3.05) is 11.4 Å². The fourth-order valence-electron chi connectivity index (χ4n) is 2.73. The van der Waals surface area contributed by atoms with Crippen LogP contribution in [0.3, 0.4) is 0 Å². The smallest absolute Gasteiger partial charge is 0.0807 e. The summed E-state index contributed by atoms with van der Waals surface area (Å²) in [5.74, 6) is 0. The van der Waals surface area contributed by atoms with Crippen LogP contribution in [-0.4, -0.2) is 11.7 Å². The van der Waals surface area contributed by atoms with Crippen LogP contribution in [0, 0.1) is 0 Å². The van der Waals surface area contributed by atoms with Gasteiger partial charge in [0, 0.05) is 29.2 Å². The topological polar surface area (TPSA) is 23.5 Å². The van der Waals surface area contributed by atoms with Crippen molar-refractivity contribution >= 4 is 17.0 Å². The van der Waals surface area contributed by atoms with Gasteiger partial charge < -0.3 is 10.0 Å². The van der Waals surface area contributed by atoms with Gasteiger partial charge in [-0.3, -0.25) is 0 Å². The Hall–Kier alpha value is -1.32. The minimum absolute atomic E-state index is 0.361. The lowest BCUT2D eigenvalue weighted by atomic mass is 10.0. The Morgan fingerprint density at radius 3 is 3.00 bits per heavy atom. The van der Waals surface area contributed by atoms with Gasteiger partial charge in [0.05, 0.1) is 6.10 Å². The second kappa shape index (κ2) is 5.35. The van der Waals surface area contributed by atoms with E-state index in [0.717, 1.165) is 31.5 Å². The molecule has 0 saturated heterocycles. The molecule has 0 radical (unpaired) electrons. The zero-order valence-electron chi connectivity index (χ0n) is 11.2. The van der Waals surface area contributed by atoms with Gasteiger partial charge in [-0.2, -0.15) is 0 Å². The van der Waals surface area contributed by atoms with E-state index in [-0.39, 0.29) is 6.10 Å². The quantitative estimate of drug-likeness (QED) is 0.920. The van der Waals surface area contributed by atoms with Crippen molar-refractivity contribution in [3.05, 3.63) is 51.7 Å². The summed E-state index contributed by atoms with van der Waals surface area (Å²) < 4.78 is 0. The fraction of sp³-hybridized carbons (Fsp3) is 0.375. The molecule has 0 fully saturated rings. The molecule has 2 nitrogen and oxygen atoms in total. The van der Waals surface area contributed by atoms with E-state index in [2.05, 4.69) is 28.5 Å². The van der Waals surface area contributed by atoms with Crippen molar-refractivity contribution in [2.24, 2.45) is 0 Å². The van der Waals surface area contributed by atoms with Gasteiger partial charge in [0.15, 0.2) is 0 Å². The molecule has 0 bridgehead atoms. The van der Waals surface area contributed by atoms with Crippen LogP contribution in [0.5, 0.6) is 0 Å².